The van der Waals surface area contributed by atoms with Crippen molar-refractivity contribution in [2.45, 2.75) is 26.2 Å². The van der Waals surface area contributed by atoms with Gasteiger partial charge in [-0.2, -0.15) is 0 Å². The van der Waals surface area contributed by atoms with Gasteiger partial charge in [0, 0.05) is 29.1 Å². The Labute approximate surface area is 121 Å². The molecule has 0 amide bonds. The van der Waals surface area contributed by atoms with Crippen LogP contribution < -0.4 is 4.42 Å². The zero-order valence-electron chi connectivity index (χ0n) is 11.6. The summed E-state index contributed by atoms with van der Waals surface area (Å²) in [5, 5.41) is 14.7. The fraction of sp³-hybridized carbons (Fsp3) is 0.235. The predicted octanol–water partition coefficient (Wildman–Crippen LogP) is 5.41. The maximum absolute atomic E-state index is 13.4. The lowest BCUT2D eigenvalue weighted by Gasteiger charge is -2.34. The highest BCUT2D eigenvalue weighted by molar-refractivity contribution is 7.42. The molecule has 1 atom stereocenters. The summed E-state index contributed by atoms with van der Waals surface area (Å²) in [7, 11) is 0.850. The summed E-state index contributed by atoms with van der Waals surface area (Å²) in [4.78, 5) is 0. The third-order valence-electron chi connectivity index (χ3n) is 3.68. The molecule has 0 spiro atoms. The molecule has 3 rings (SSSR count). The Morgan fingerprint density at radius 3 is 2.45 bits per heavy atom. The van der Waals surface area contributed by atoms with E-state index in [1.807, 2.05) is 48.5 Å². The van der Waals surface area contributed by atoms with Gasteiger partial charge in [-0.05, 0) is 18.9 Å². The standard InChI is InChI=1S/C17H18NOP/c1-2-3-13-17-15-11-7-8-12-16(15)18(19,20-17)14-9-5-4-6-10-14/h4-12H,2-3,13H2,1H3. The van der Waals surface area contributed by atoms with Gasteiger partial charge < -0.3 is 5.21 Å². The van der Waals surface area contributed by atoms with Gasteiger partial charge in [0.25, 0.3) is 0 Å². The van der Waals surface area contributed by atoms with E-state index in [2.05, 4.69) is 13.0 Å². The van der Waals surface area contributed by atoms with E-state index < -0.39 is 0 Å². The normalized spacial score (nSPS) is 21.4. The van der Waals surface area contributed by atoms with E-state index in [4.69, 9.17) is 0 Å². The fourth-order valence-electron chi connectivity index (χ4n) is 2.62. The Morgan fingerprint density at radius 1 is 1.00 bits per heavy atom. The molecule has 0 saturated carbocycles. The highest BCUT2D eigenvalue weighted by Gasteiger charge is 2.34. The molecular weight excluding hydrogens is 265 g/mol. The van der Waals surface area contributed by atoms with Crippen LogP contribution in [0.25, 0.3) is 0 Å². The smallest absolute Gasteiger partial charge is 0.172 e. The molecule has 0 N–H and O–H groups in total. The molecule has 1 unspecified atom stereocenters. The summed E-state index contributed by atoms with van der Waals surface area (Å²) < 4.78 is -0.365. The zero-order chi connectivity index (χ0) is 14.0. The predicted molar refractivity (Wildman–Crippen MR) is 88.3 cm³/mol. The van der Waals surface area contributed by atoms with E-state index >= 15 is 0 Å². The lowest BCUT2D eigenvalue weighted by atomic mass is 10.0. The number of fused-ring (bicyclic) bond motifs is 1. The first-order valence-corrected chi connectivity index (χ1v) is 7.95. The van der Waals surface area contributed by atoms with Crippen molar-refractivity contribution < 1.29 is 0 Å². The van der Waals surface area contributed by atoms with E-state index in [1.54, 1.807) is 0 Å². The summed E-state index contributed by atoms with van der Waals surface area (Å²) in [6, 6.07) is 17.8. The largest absolute Gasteiger partial charge is 0.615 e. The number of rotatable bonds is 4. The average Bonchev–Trinajstić information content (AvgIpc) is 2.81. The first-order valence-electron chi connectivity index (χ1n) is 7.10. The summed E-state index contributed by atoms with van der Waals surface area (Å²) in [5.74, 6) is 0. The lowest BCUT2D eigenvalue weighted by Crippen LogP contribution is -2.23. The minimum Gasteiger partial charge on any atom is -0.615 e. The van der Waals surface area contributed by atoms with Crippen LogP contribution in [0.2, 0.25) is 0 Å². The van der Waals surface area contributed by atoms with Gasteiger partial charge in [0.1, 0.15) is 5.69 Å². The van der Waals surface area contributed by atoms with Crippen molar-refractivity contribution in [3.63, 3.8) is 0 Å². The lowest BCUT2D eigenvalue weighted by molar-refractivity contribution is 0.823. The Hall–Kier alpha value is -1.47. The molecule has 3 heteroatoms. The summed E-state index contributed by atoms with van der Waals surface area (Å²) >= 11 is 0. The number of nitrogens with zero attached hydrogens (tertiary/aromatic N) is 1. The molecular formula is C17H18NOP. The number of hydrogen-bond acceptors (Lipinski definition) is 1. The minimum atomic E-state index is -0.365. The quantitative estimate of drug-likeness (QED) is 0.543. The number of benzene rings is 2. The number of para-hydroxylation sites is 2. The van der Waals surface area contributed by atoms with Crippen LogP contribution in [-0.4, -0.2) is 5.29 Å². The minimum absolute atomic E-state index is 0.365. The third kappa shape index (κ3) is 2.20. The molecule has 2 aromatic carbocycles. The number of quaternary nitrogens is 1. The van der Waals surface area contributed by atoms with Gasteiger partial charge in [-0.25, -0.2) is 4.42 Å². The van der Waals surface area contributed by atoms with Crippen LogP contribution in [0.5, 0.6) is 0 Å². The van der Waals surface area contributed by atoms with E-state index in [-0.39, 0.29) is 4.42 Å². The van der Waals surface area contributed by atoms with E-state index in [0.717, 1.165) is 44.6 Å². The molecule has 0 bridgehead atoms. The van der Waals surface area contributed by atoms with Gasteiger partial charge in [0.2, 0.25) is 0 Å². The molecule has 0 fully saturated rings. The Kier molecular flexibility index (Phi) is 3.71. The second kappa shape index (κ2) is 5.49. The molecule has 102 valence electrons. The Bertz CT molecular complexity index is 638. The summed E-state index contributed by atoms with van der Waals surface area (Å²) in [6.07, 6.45) is 3.32. The van der Waals surface area contributed by atoms with Crippen molar-refractivity contribution in [1.29, 1.82) is 0 Å². The number of unbranched alkanes of at least 4 members (excludes halogenated alkanes) is 1. The Balaban J connectivity index is 2.10. The first-order chi connectivity index (χ1) is 9.75. The SMILES string of the molecule is CCCCC1=P[N+]([O-])(c2ccccc2)c2ccccc21. The zero-order valence-corrected chi connectivity index (χ0v) is 12.5. The highest BCUT2D eigenvalue weighted by Crippen LogP contribution is 2.49. The first kappa shape index (κ1) is 13.5. The topological polar surface area (TPSA) is 23.1 Å². The van der Waals surface area contributed by atoms with Crippen LogP contribution in [0.15, 0.2) is 54.6 Å². The maximum atomic E-state index is 13.4. The van der Waals surface area contributed by atoms with Gasteiger partial charge in [-0.3, -0.25) is 0 Å². The van der Waals surface area contributed by atoms with Crippen molar-refractivity contribution in [3.05, 3.63) is 65.4 Å². The highest BCUT2D eigenvalue weighted by atomic mass is 31.1. The van der Waals surface area contributed by atoms with Gasteiger partial charge >= 0.3 is 0 Å². The van der Waals surface area contributed by atoms with E-state index in [0.29, 0.717) is 0 Å². The molecule has 0 aliphatic carbocycles. The Morgan fingerprint density at radius 2 is 1.70 bits per heavy atom. The second-order valence-electron chi connectivity index (χ2n) is 5.08. The van der Waals surface area contributed by atoms with Crippen LogP contribution in [0, 0.1) is 5.21 Å². The van der Waals surface area contributed by atoms with Crippen molar-refractivity contribution in [1.82, 2.24) is 4.42 Å². The number of hydrogen-bond donors (Lipinski definition) is 0. The van der Waals surface area contributed by atoms with Crippen molar-refractivity contribution in [2.24, 2.45) is 0 Å². The molecule has 0 saturated heterocycles. The average molecular weight is 283 g/mol. The van der Waals surface area contributed by atoms with Gasteiger partial charge in [0.15, 0.2) is 14.0 Å². The van der Waals surface area contributed by atoms with Crippen molar-refractivity contribution in [3.8, 4) is 0 Å². The van der Waals surface area contributed by atoms with Crippen molar-refractivity contribution in [2.75, 3.05) is 0 Å². The second-order valence-corrected chi connectivity index (χ2v) is 6.38. The van der Waals surface area contributed by atoms with Gasteiger partial charge in [-0.15, -0.1) is 0 Å². The van der Waals surface area contributed by atoms with Crippen LogP contribution in [0.3, 0.4) is 0 Å². The molecule has 0 aromatic heterocycles. The fourth-order valence-corrected chi connectivity index (χ4v) is 4.04. The van der Waals surface area contributed by atoms with Crippen LogP contribution in [0.4, 0.5) is 11.4 Å². The molecule has 1 heterocycles. The van der Waals surface area contributed by atoms with Crippen LogP contribution in [-0.2, 0) is 0 Å². The third-order valence-corrected chi connectivity index (χ3v) is 5.11. The van der Waals surface area contributed by atoms with Crippen LogP contribution in [0.1, 0.15) is 31.7 Å². The molecule has 0 radical (unpaired) electrons. The van der Waals surface area contributed by atoms with E-state index in [9.17, 15) is 5.21 Å². The molecule has 2 aromatic rings. The summed E-state index contributed by atoms with van der Waals surface area (Å²) in [5.41, 5.74) is 2.85. The van der Waals surface area contributed by atoms with Gasteiger partial charge in [0.05, 0.1) is 0 Å². The molecule has 1 aliphatic heterocycles. The molecule has 2 nitrogen and oxygen atoms in total. The van der Waals surface area contributed by atoms with Crippen molar-refractivity contribution >= 4 is 25.0 Å². The maximum Gasteiger partial charge on any atom is 0.172 e. The summed E-state index contributed by atoms with van der Waals surface area (Å²) in [6.45, 7) is 2.19. The van der Waals surface area contributed by atoms with Gasteiger partial charge in [-0.1, -0.05) is 43.7 Å². The van der Waals surface area contributed by atoms with Crippen LogP contribution >= 0.6 is 8.35 Å². The monoisotopic (exact) mass is 283 g/mol. The molecule has 20 heavy (non-hydrogen) atoms. The van der Waals surface area contributed by atoms with E-state index in [1.165, 1.54) is 5.29 Å². The molecule has 1 aliphatic rings.